The molecule has 1 saturated heterocycles. The average Bonchev–Trinajstić information content (AvgIpc) is 2.84. The number of hydrogen-bond acceptors (Lipinski definition) is 4. The third kappa shape index (κ3) is 2.55. The van der Waals surface area contributed by atoms with E-state index in [1.54, 1.807) is 6.92 Å². The van der Waals surface area contributed by atoms with Gasteiger partial charge in [-0.3, -0.25) is 4.79 Å². The highest BCUT2D eigenvalue weighted by Gasteiger charge is 2.18. The largest absolute Gasteiger partial charge is 0.426 e. The van der Waals surface area contributed by atoms with Gasteiger partial charge in [0.15, 0.2) is 0 Å². The smallest absolute Gasteiger partial charge is 0.223 e. The number of rotatable bonds is 3. The van der Waals surface area contributed by atoms with Gasteiger partial charge in [-0.25, -0.2) is 0 Å². The quantitative estimate of drug-likeness (QED) is 0.743. The Balaban J connectivity index is 1.80. The van der Waals surface area contributed by atoms with Crippen LogP contribution in [-0.4, -0.2) is 34.1 Å². The van der Waals surface area contributed by atoms with E-state index in [4.69, 9.17) is 4.42 Å². The van der Waals surface area contributed by atoms with E-state index in [-0.39, 0.29) is 5.91 Å². The first-order valence-electron chi connectivity index (χ1n) is 5.32. The number of nitrogens with zero attached hydrogens (tertiary/aromatic N) is 3. The molecule has 0 bridgehead atoms. The predicted molar refractivity (Wildman–Crippen MR) is 53.2 cm³/mol. The summed E-state index contributed by atoms with van der Waals surface area (Å²) in [5, 5.41) is 7.58. The van der Waals surface area contributed by atoms with Gasteiger partial charge in [0.25, 0.3) is 0 Å². The molecule has 0 unspecified atom stereocenters. The summed E-state index contributed by atoms with van der Waals surface area (Å²) in [5.74, 6) is 1.31. The molecule has 15 heavy (non-hydrogen) atoms. The molecule has 0 atom stereocenters. The Morgan fingerprint density at radius 3 is 2.73 bits per heavy atom. The van der Waals surface area contributed by atoms with Crippen molar-refractivity contribution >= 4 is 5.91 Å². The first kappa shape index (κ1) is 10.1. The highest BCUT2D eigenvalue weighted by Crippen LogP contribution is 2.10. The van der Waals surface area contributed by atoms with Crippen LogP contribution in [0.5, 0.6) is 0 Å². The minimum absolute atomic E-state index is 0.198. The predicted octanol–water partition coefficient (Wildman–Crippen LogP) is 0.933. The van der Waals surface area contributed by atoms with E-state index in [1.165, 1.54) is 0 Å². The van der Waals surface area contributed by atoms with Crippen molar-refractivity contribution in [2.45, 2.75) is 32.6 Å². The number of carbonyl (C=O) groups excluding carboxylic acids is 1. The molecule has 82 valence electrons. The van der Waals surface area contributed by atoms with Crippen LogP contribution in [0.2, 0.25) is 0 Å². The molecular weight excluding hydrogens is 194 g/mol. The first-order valence-corrected chi connectivity index (χ1v) is 5.32. The average molecular weight is 209 g/mol. The minimum Gasteiger partial charge on any atom is -0.426 e. The molecule has 2 rings (SSSR count). The molecule has 1 amide bonds. The monoisotopic (exact) mass is 209 g/mol. The number of hydrogen-bond donors (Lipinski definition) is 0. The SMILES string of the molecule is Cc1nnc(CCC(=O)N2CCCC2)o1. The molecule has 0 aliphatic carbocycles. The van der Waals surface area contributed by atoms with Gasteiger partial charge in [0.2, 0.25) is 17.7 Å². The van der Waals surface area contributed by atoms with Gasteiger partial charge in [0, 0.05) is 32.9 Å². The number of aromatic nitrogens is 2. The highest BCUT2D eigenvalue weighted by atomic mass is 16.4. The molecular formula is C10H15N3O2. The summed E-state index contributed by atoms with van der Waals surface area (Å²) in [6, 6.07) is 0. The fraction of sp³-hybridized carbons (Fsp3) is 0.700. The lowest BCUT2D eigenvalue weighted by Crippen LogP contribution is -2.27. The zero-order chi connectivity index (χ0) is 10.7. The zero-order valence-corrected chi connectivity index (χ0v) is 8.90. The third-order valence-electron chi connectivity index (χ3n) is 2.58. The summed E-state index contributed by atoms with van der Waals surface area (Å²) in [6.07, 6.45) is 3.29. The number of aryl methyl sites for hydroxylation is 2. The van der Waals surface area contributed by atoms with Crippen LogP contribution in [0, 0.1) is 6.92 Å². The summed E-state index contributed by atoms with van der Waals surface area (Å²) >= 11 is 0. The molecule has 1 aliphatic heterocycles. The summed E-state index contributed by atoms with van der Waals surface area (Å²) in [5.41, 5.74) is 0. The van der Waals surface area contributed by atoms with Gasteiger partial charge >= 0.3 is 0 Å². The molecule has 0 aromatic carbocycles. The van der Waals surface area contributed by atoms with Crippen LogP contribution in [0.4, 0.5) is 0 Å². The van der Waals surface area contributed by atoms with E-state index in [2.05, 4.69) is 10.2 Å². The normalized spacial score (nSPS) is 15.9. The van der Waals surface area contributed by atoms with Crippen LogP contribution >= 0.6 is 0 Å². The second-order valence-electron chi connectivity index (χ2n) is 3.80. The van der Waals surface area contributed by atoms with Crippen molar-refractivity contribution < 1.29 is 9.21 Å². The number of amides is 1. The molecule has 1 aromatic heterocycles. The van der Waals surface area contributed by atoms with E-state index in [0.717, 1.165) is 25.9 Å². The summed E-state index contributed by atoms with van der Waals surface area (Å²) < 4.78 is 5.20. The molecule has 0 spiro atoms. The zero-order valence-electron chi connectivity index (χ0n) is 8.90. The van der Waals surface area contributed by atoms with Crippen LogP contribution in [0.15, 0.2) is 4.42 Å². The van der Waals surface area contributed by atoms with E-state index < -0.39 is 0 Å². The van der Waals surface area contributed by atoms with Gasteiger partial charge in [0.05, 0.1) is 0 Å². The Labute approximate surface area is 88.5 Å². The molecule has 0 N–H and O–H groups in total. The Morgan fingerprint density at radius 2 is 2.13 bits per heavy atom. The van der Waals surface area contributed by atoms with Gasteiger partial charge in [-0.1, -0.05) is 0 Å². The van der Waals surface area contributed by atoms with Crippen molar-refractivity contribution in [2.75, 3.05) is 13.1 Å². The van der Waals surface area contributed by atoms with Crippen molar-refractivity contribution in [3.63, 3.8) is 0 Å². The summed E-state index contributed by atoms with van der Waals surface area (Å²) in [6.45, 7) is 3.56. The maximum Gasteiger partial charge on any atom is 0.223 e. The van der Waals surface area contributed by atoms with Crippen LogP contribution in [0.1, 0.15) is 31.0 Å². The van der Waals surface area contributed by atoms with E-state index in [1.807, 2.05) is 4.90 Å². The lowest BCUT2D eigenvalue weighted by atomic mass is 10.3. The molecule has 5 nitrogen and oxygen atoms in total. The maximum atomic E-state index is 11.7. The Hall–Kier alpha value is -1.39. The van der Waals surface area contributed by atoms with Crippen molar-refractivity contribution in [2.24, 2.45) is 0 Å². The highest BCUT2D eigenvalue weighted by molar-refractivity contribution is 5.76. The summed E-state index contributed by atoms with van der Waals surface area (Å²) in [7, 11) is 0. The molecule has 0 saturated carbocycles. The van der Waals surface area contributed by atoms with Crippen LogP contribution < -0.4 is 0 Å². The fourth-order valence-corrected chi connectivity index (χ4v) is 1.78. The van der Waals surface area contributed by atoms with Crippen molar-refractivity contribution in [3.05, 3.63) is 11.8 Å². The Bertz CT molecular complexity index is 342. The fourth-order valence-electron chi connectivity index (χ4n) is 1.78. The summed E-state index contributed by atoms with van der Waals surface area (Å²) in [4.78, 5) is 13.6. The Morgan fingerprint density at radius 1 is 1.40 bits per heavy atom. The minimum atomic E-state index is 0.198. The van der Waals surface area contributed by atoms with Gasteiger partial charge in [-0.2, -0.15) is 0 Å². The number of carbonyl (C=O) groups is 1. The van der Waals surface area contributed by atoms with Crippen molar-refractivity contribution in [1.82, 2.24) is 15.1 Å². The molecule has 1 fully saturated rings. The lowest BCUT2D eigenvalue weighted by molar-refractivity contribution is -0.130. The van der Waals surface area contributed by atoms with Crippen molar-refractivity contribution in [3.8, 4) is 0 Å². The molecule has 0 radical (unpaired) electrons. The van der Waals surface area contributed by atoms with E-state index in [0.29, 0.717) is 24.6 Å². The molecule has 5 heteroatoms. The van der Waals surface area contributed by atoms with Gasteiger partial charge in [0.1, 0.15) is 0 Å². The molecule has 1 aliphatic rings. The van der Waals surface area contributed by atoms with Crippen LogP contribution in [0.25, 0.3) is 0 Å². The first-order chi connectivity index (χ1) is 7.25. The van der Waals surface area contributed by atoms with Gasteiger partial charge in [-0.05, 0) is 12.8 Å². The third-order valence-corrected chi connectivity index (χ3v) is 2.58. The topological polar surface area (TPSA) is 59.2 Å². The lowest BCUT2D eigenvalue weighted by Gasteiger charge is -2.13. The second-order valence-corrected chi connectivity index (χ2v) is 3.80. The van der Waals surface area contributed by atoms with Crippen molar-refractivity contribution in [1.29, 1.82) is 0 Å². The van der Waals surface area contributed by atoms with Gasteiger partial charge in [-0.15, -0.1) is 10.2 Å². The second kappa shape index (κ2) is 4.42. The maximum absolute atomic E-state index is 11.7. The van der Waals surface area contributed by atoms with Crippen LogP contribution in [-0.2, 0) is 11.2 Å². The van der Waals surface area contributed by atoms with E-state index in [9.17, 15) is 4.79 Å². The standard InChI is InChI=1S/C10H15N3O2/c1-8-11-12-9(15-8)4-5-10(14)13-6-2-3-7-13/h2-7H2,1H3. The molecule has 2 heterocycles. The number of likely N-dealkylation sites (tertiary alicyclic amines) is 1. The molecule has 1 aromatic rings. The van der Waals surface area contributed by atoms with E-state index >= 15 is 0 Å². The van der Waals surface area contributed by atoms with Crippen LogP contribution in [0.3, 0.4) is 0 Å². The Kier molecular flexibility index (Phi) is 2.99. The van der Waals surface area contributed by atoms with Gasteiger partial charge < -0.3 is 9.32 Å².